The minimum atomic E-state index is -0.868. The minimum Gasteiger partial charge on any atom is -0.386 e. The average Bonchev–Trinajstić information content (AvgIpc) is 2.48. The lowest BCUT2D eigenvalue weighted by atomic mass is 9.82. The Balaban J connectivity index is 2.48. The molecule has 0 aliphatic heterocycles. The van der Waals surface area contributed by atoms with E-state index in [1.807, 2.05) is 56.3 Å². The van der Waals surface area contributed by atoms with Gasteiger partial charge in [0.1, 0.15) is 6.29 Å². The van der Waals surface area contributed by atoms with Gasteiger partial charge in [-0.1, -0.05) is 55.5 Å². The van der Waals surface area contributed by atoms with E-state index in [0.29, 0.717) is 5.56 Å². The van der Waals surface area contributed by atoms with E-state index in [9.17, 15) is 9.90 Å². The molecule has 0 fully saturated rings. The Morgan fingerprint density at radius 1 is 1.10 bits per heavy atom. The van der Waals surface area contributed by atoms with Gasteiger partial charge in [0.15, 0.2) is 0 Å². The van der Waals surface area contributed by atoms with Crippen LogP contribution in [0.1, 0.15) is 60.2 Å². The smallest absolute Gasteiger partial charge is 0.150 e. The van der Waals surface area contributed by atoms with Crippen molar-refractivity contribution >= 4 is 6.29 Å². The van der Waals surface area contributed by atoms with Crippen molar-refractivity contribution in [2.75, 3.05) is 0 Å². The molecule has 1 atom stereocenters. The van der Waals surface area contributed by atoms with E-state index in [0.717, 1.165) is 23.8 Å². The van der Waals surface area contributed by atoms with Gasteiger partial charge in [0.2, 0.25) is 0 Å². The van der Waals surface area contributed by atoms with Gasteiger partial charge in [-0.3, -0.25) is 4.79 Å². The summed E-state index contributed by atoms with van der Waals surface area (Å²) >= 11 is 0. The first-order chi connectivity index (χ1) is 9.97. The Hall–Kier alpha value is -1.93. The maximum absolute atomic E-state index is 10.8. The average molecular weight is 282 g/mol. The molecule has 0 saturated heterocycles. The van der Waals surface area contributed by atoms with Crippen LogP contribution in [0.3, 0.4) is 0 Å². The van der Waals surface area contributed by atoms with E-state index in [4.69, 9.17) is 0 Å². The Bertz CT molecular complexity index is 606. The minimum absolute atomic E-state index is 0.216. The Morgan fingerprint density at radius 2 is 1.71 bits per heavy atom. The van der Waals surface area contributed by atoms with Crippen LogP contribution in [0.4, 0.5) is 0 Å². The second-order valence-corrected chi connectivity index (χ2v) is 5.89. The largest absolute Gasteiger partial charge is 0.386 e. The van der Waals surface area contributed by atoms with Gasteiger partial charge >= 0.3 is 0 Å². The van der Waals surface area contributed by atoms with Gasteiger partial charge in [-0.2, -0.15) is 0 Å². The molecule has 0 amide bonds. The number of aldehydes is 1. The third-order valence-corrected chi connectivity index (χ3v) is 3.88. The molecule has 0 spiro atoms. The third kappa shape index (κ3) is 3.40. The fraction of sp³-hybridized carbons (Fsp3) is 0.316. The molecule has 2 rings (SSSR count). The molecule has 1 unspecified atom stereocenters. The zero-order valence-electron chi connectivity index (χ0n) is 12.8. The van der Waals surface area contributed by atoms with Crippen LogP contribution in [0.15, 0.2) is 48.5 Å². The molecule has 0 heterocycles. The van der Waals surface area contributed by atoms with Crippen LogP contribution in [-0.2, 0) is 5.60 Å². The van der Waals surface area contributed by atoms with Gasteiger partial charge in [0, 0.05) is 11.5 Å². The molecular formula is C19H22O2. The molecule has 0 bridgehead atoms. The molecule has 110 valence electrons. The van der Waals surface area contributed by atoms with E-state index >= 15 is 0 Å². The van der Waals surface area contributed by atoms with Crippen molar-refractivity contribution in [3.8, 4) is 0 Å². The molecule has 0 aromatic heterocycles. The number of benzene rings is 2. The molecule has 0 aliphatic carbocycles. The molecule has 1 N–H and O–H groups in total. The van der Waals surface area contributed by atoms with Crippen LogP contribution in [-0.4, -0.2) is 11.4 Å². The molecule has 0 saturated carbocycles. The van der Waals surface area contributed by atoms with Crippen molar-refractivity contribution < 1.29 is 9.90 Å². The maximum Gasteiger partial charge on any atom is 0.150 e. The molecule has 0 aliphatic rings. The number of carbonyl (C=O) groups is 1. The van der Waals surface area contributed by atoms with Crippen molar-refractivity contribution in [2.24, 2.45) is 0 Å². The lowest BCUT2D eigenvalue weighted by molar-refractivity contribution is 0.0773. The second kappa shape index (κ2) is 6.23. The number of hydrogen-bond acceptors (Lipinski definition) is 2. The first-order valence-corrected chi connectivity index (χ1v) is 7.34. The highest BCUT2D eigenvalue weighted by Gasteiger charge is 2.24. The van der Waals surface area contributed by atoms with Gasteiger partial charge in [0.05, 0.1) is 5.60 Å². The van der Waals surface area contributed by atoms with Crippen molar-refractivity contribution in [1.29, 1.82) is 0 Å². The summed E-state index contributed by atoms with van der Waals surface area (Å²) in [6, 6.07) is 15.7. The summed E-state index contributed by atoms with van der Waals surface area (Å²) in [5, 5.41) is 10.4. The van der Waals surface area contributed by atoms with E-state index in [1.165, 1.54) is 5.56 Å². The number of rotatable bonds is 5. The molecule has 21 heavy (non-hydrogen) atoms. The fourth-order valence-corrected chi connectivity index (χ4v) is 2.80. The Morgan fingerprint density at radius 3 is 2.24 bits per heavy atom. The quantitative estimate of drug-likeness (QED) is 0.832. The van der Waals surface area contributed by atoms with E-state index in [1.54, 1.807) is 0 Å². The van der Waals surface area contributed by atoms with Crippen LogP contribution < -0.4 is 0 Å². The zero-order chi connectivity index (χ0) is 15.5. The van der Waals surface area contributed by atoms with Gasteiger partial charge in [-0.05, 0) is 37.0 Å². The standard InChI is InChI=1S/C19H22O2/c1-4-16(15-11-9-14(13-20)10-12-15)17-7-5-6-8-18(17)19(2,3)21/h5-13,16,21H,4H2,1-3H3. The number of aliphatic hydroxyl groups is 1. The first kappa shape index (κ1) is 15.5. The summed E-state index contributed by atoms with van der Waals surface area (Å²) in [6.45, 7) is 5.77. The second-order valence-electron chi connectivity index (χ2n) is 5.89. The Kier molecular flexibility index (Phi) is 4.59. The predicted molar refractivity (Wildman–Crippen MR) is 85.7 cm³/mol. The first-order valence-electron chi connectivity index (χ1n) is 7.34. The van der Waals surface area contributed by atoms with Crippen LogP contribution in [0.25, 0.3) is 0 Å². The highest BCUT2D eigenvalue weighted by Crippen LogP contribution is 2.34. The van der Waals surface area contributed by atoms with Crippen molar-refractivity contribution in [3.63, 3.8) is 0 Å². The highest BCUT2D eigenvalue weighted by molar-refractivity contribution is 5.74. The summed E-state index contributed by atoms with van der Waals surface area (Å²) in [4.78, 5) is 10.8. The molecule has 2 aromatic carbocycles. The predicted octanol–water partition coefficient (Wildman–Crippen LogP) is 4.27. The Labute approximate surface area is 126 Å². The van der Waals surface area contributed by atoms with Crippen molar-refractivity contribution in [2.45, 2.75) is 38.7 Å². The highest BCUT2D eigenvalue weighted by atomic mass is 16.3. The van der Waals surface area contributed by atoms with Crippen LogP contribution >= 0.6 is 0 Å². The summed E-state index contributed by atoms with van der Waals surface area (Å²) < 4.78 is 0. The molecule has 2 heteroatoms. The lowest BCUT2D eigenvalue weighted by Gasteiger charge is -2.26. The van der Waals surface area contributed by atoms with Crippen molar-refractivity contribution in [1.82, 2.24) is 0 Å². The van der Waals surface area contributed by atoms with Crippen LogP contribution in [0, 0.1) is 0 Å². The normalized spacial score (nSPS) is 13.0. The summed E-state index contributed by atoms with van der Waals surface area (Å²) in [6.07, 6.45) is 1.79. The number of carbonyl (C=O) groups excluding carboxylic acids is 1. The summed E-state index contributed by atoms with van der Waals surface area (Å²) in [5.41, 5.74) is 3.08. The van der Waals surface area contributed by atoms with Gasteiger partial charge in [-0.15, -0.1) is 0 Å². The number of hydrogen-bond donors (Lipinski definition) is 1. The van der Waals surface area contributed by atoms with E-state index in [2.05, 4.69) is 13.0 Å². The van der Waals surface area contributed by atoms with Crippen LogP contribution in [0.5, 0.6) is 0 Å². The summed E-state index contributed by atoms with van der Waals surface area (Å²) in [7, 11) is 0. The van der Waals surface area contributed by atoms with E-state index < -0.39 is 5.60 Å². The molecule has 0 radical (unpaired) electrons. The molecule has 2 nitrogen and oxygen atoms in total. The topological polar surface area (TPSA) is 37.3 Å². The van der Waals surface area contributed by atoms with Gasteiger partial charge < -0.3 is 5.11 Å². The van der Waals surface area contributed by atoms with Gasteiger partial charge in [0.25, 0.3) is 0 Å². The lowest BCUT2D eigenvalue weighted by Crippen LogP contribution is -2.19. The fourth-order valence-electron chi connectivity index (χ4n) is 2.80. The monoisotopic (exact) mass is 282 g/mol. The molecule has 2 aromatic rings. The molecular weight excluding hydrogens is 260 g/mol. The van der Waals surface area contributed by atoms with Gasteiger partial charge in [-0.25, -0.2) is 0 Å². The third-order valence-electron chi connectivity index (χ3n) is 3.88. The summed E-state index contributed by atoms with van der Waals surface area (Å²) in [5.74, 6) is 0.216. The van der Waals surface area contributed by atoms with Crippen LogP contribution in [0.2, 0.25) is 0 Å². The SMILES string of the molecule is CCC(c1ccc(C=O)cc1)c1ccccc1C(C)(C)O. The maximum atomic E-state index is 10.8. The van der Waals surface area contributed by atoms with Crippen molar-refractivity contribution in [3.05, 3.63) is 70.8 Å². The van der Waals surface area contributed by atoms with E-state index in [-0.39, 0.29) is 5.92 Å². The zero-order valence-corrected chi connectivity index (χ0v) is 12.8.